The number of fused-ring (bicyclic) bond motifs is 1. The van der Waals surface area contributed by atoms with Crippen molar-refractivity contribution < 1.29 is 24.2 Å². The predicted octanol–water partition coefficient (Wildman–Crippen LogP) is 1.30. The summed E-state index contributed by atoms with van der Waals surface area (Å²) in [5, 5.41) is 9.63. The van der Waals surface area contributed by atoms with Crippen LogP contribution in [0.4, 0.5) is 0 Å². The summed E-state index contributed by atoms with van der Waals surface area (Å²) in [5.41, 5.74) is 0.453. The van der Waals surface area contributed by atoms with E-state index in [-0.39, 0.29) is 22.4 Å². The zero-order chi connectivity index (χ0) is 15.6. The standard InChI is InChI=1S/C12H12N2O5S2/c1-3-19-6(15)4-20-12-13-9(16)7-5(2)8(11(17)18)21-10(7)14-12/h7H,3-4H2,1-2H3,(H,17,18). The predicted molar refractivity (Wildman–Crippen MR) is 80.4 cm³/mol. The summed E-state index contributed by atoms with van der Waals surface area (Å²) in [6.07, 6.45) is 0. The molecule has 112 valence electrons. The van der Waals surface area contributed by atoms with Crippen LogP contribution in [0.1, 0.15) is 13.8 Å². The number of rotatable bonds is 4. The van der Waals surface area contributed by atoms with Crippen LogP contribution in [0.2, 0.25) is 0 Å². The molecule has 1 unspecified atom stereocenters. The fourth-order valence-corrected chi connectivity index (χ4v) is 3.63. The van der Waals surface area contributed by atoms with E-state index in [0.29, 0.717) is 10.6 Å². The van der Waals surface area contributed by atoms with Crippen molar-refractivity contribution in [1.82, 2.24) is 0 Å². The first-order valence-corrected chi connectivity index (χ1v) is 7.85. The number of nitrogens with zero attached hydrogens (tertiary/aromatic N) is 2. The van der Waals surface area contributed by atoms with Gasteiger partial charge < -0.3 is 9.84 Å². The normalized spacial score (nSPS) is 20.9. The first kappa shape index (κ1) is 15.8. The van der Waals surface area contributed by atoms with E-state index >= 15 is 0 Å². The molecule has 0 saturated carbocycles. The average Bonchev–Trinajstić information content (AvgIpc) is 2.74. The fraction of sp³-hybridized carbons (Fsp3) is 0.417. The molecule has 2 aliphatic heterocycles. The number of thioether (sulfide) groups is 2. The van der Waals surface area contributed by atoms with E-state index in [1.807, 2.05) is 0 Å². The Kier molecular flexibility index (Phi) is 4.84. The SMILES string of the molecule is CCOC(=O)CSC1=NC(=O)C2C(=N1)SC(C(=O)O)=C2C. The summed E-state index contributed by atoms with van der Waals surface area (Å²) >= 11 is 1.96. The number of hydrogen-bond acceptors (Lipinski definition) is 7. The van der Waals surface area contributed by atoms with E-state index in [9.17, 15) is 14.4 Å². The molecule has 9 heteroatoms. The first-order valence-electron chi connectivity index (χ1n) is 6.05. The highest BCUT2D eigenvalue weighted by Crippen LogP contribution is 2.41. The molecule has 0 radical (unpaired) electrons. The van der Waals surface area contributed by atoms with Gasteiger partial charge >= 0.3 is 11.9 Å². The van der Waals surface area contributed by atoms with E-state index in [0.717, 1.165) is 23.5 Å². The average molecular weight is 328 g/mol. The van der Waals surface area contributed by atoms with Gasteiger partial charge in [0.2, 0.25) is 0 Å². The van der Waals surface area contributed by atoms with Crippen molar-refractivity contribution in [2.24, 2.45) is 15.9 Å². The van der Waals surface area contributed by atoms with Crippen molar-refractivity contribution in [3.63, 3.8) is 0 Å². The Labute approximate surface area is 128 Å². The maximum Gasteiger partial charge on any atom is 0.342 e. The van der Waals surface area contributed by atoms with E-state index < -0.39 is 23.8 Å². The minimum atomic E-state index is -1.08. The number of ether oxygens (including phenoxy) is 1. The molecule has 0 saturated heterocycles. The van der Waals surface area contributed by atoms with Crippen LogP contribution in [-0.4, -0.2) is 45.5 Å². The summed E-state index contributed by atoms with van der Waals surface area (Å²) in [6, 6.07) is 0. The lowest BCUT2D eigenvalue weighted by Crippen LogP contribution is -2.24. The Morgan fingerprint density at radius 1 is 1.43 bits per heavy atom. The van der Waals surface area contributed by atoms with Gasteiger partial charge in [0.1, 0.15) is 5.92 Å². The topological polar surface area (TPSA) is 105 Å². The Hall–Kier alpha value is -1.61. The van der Waals surface area contributed by atoms with Crippen LogP contribution in [0.25, 0.3) is 0 Å². The van der Waals surface area contributed by atoms with Gasteiger partial charge in [0.05, 0.1) is 22.3 Å². The first-order chi connectivity index (χ1) is 9.93. The molecule has 7 nitrogen and oxygen atoms in total. The summed E-state index contributed by atoms with van der Waals surface area (Å²) < 4.78 is 4.77. The molecule has 0 bridgehead atoms. The van der Waals surface area contributed by atoms with E-state index in [1.54, 1.807) is 13.8 Å². The van der Waals surface area contributed by atoms with Gasteiger partial charge in [-0.15, -0.1) is 0 Å². The van der Waals surface area contributed by atoms with Crippen LogP contribution in [-0.2, 0) is 19.1 Å². The third kappa shape index (κ3) is 3.35. The van der Waals surface area contributed by atoms with Crippen molar-refractivity contribution >= 4 is 51.6 Å². The maximum atomic E-state index is 12.0. The Bertz CT molecular complexity index is 609. The Balaban J connectivity index is 2.10. The lowest BCUT2D eigenvalue weighted by atomic mass is 10.0. The van der Waals surface area contributed by atoms with Gasteiger partial charge in [0, 0.05) is 0 Å². The number of esters is 1. The van der Waals surface area contributed by atoms with Crippen LogP contribution >= 0.6 is 23.5 Å². The molecule has 0 aliphatic carbocycles. The molecule has 2 heterocycles. The number of carboxylic acid groups (broad SMARTS) is 1. The molecule has 0 aromatic heterocycles. The lowest BCUT2D eigenvalue weighted by molar-refractivity contribution is -0.140. The highest BCUT2D eigenvalue weighted by atomic mass is 32.2. The minimum absolute atomic E-state index is 0.00423. The summed E-state index contributed by atoms with van der Waals surface area (Å²) in [4.78, 5) is 42.4. The summed E-state index contributed by atoms with van der Waals surface area (Å²) in [5.74, 6) is -2.65. The minimum Gasteiger partial charge on any atom is -0.477 e. The van der Waals surface area contributed by atoms with Gasteiger partial charge in [0.15, 0.2) is 5.17 Å². The summed E-state index contributed by atoms with van der Waals surface area (Å²) in [6.45, 7) is 3.57. The third-order valence-corrected chi connectivity index (χ3v) is 4.78. The monoisotopic (exact) mass is 328 g/mol. The molecule has 1 N–H and O–H groups in total. The molecular weight excluding hydrogens is 316 g/mol. The number of carbonyl (C=O) groups is 3. The number of hydrogen-bond donors (Lipinski definition) is 1. The highest BCUT2D eigenvalue weighted by Gasteiger charge is 2.40. The van der Waals surface area contributed by atoms with Crippen LogP contribution < -0.4 is 0 Å². The zero-order valence-corrected chi connectivity index (χ0v) is 12.9. The van der Waals surface area contributed by atoms with Gasteiger partial charge in [-0.2, -0.15) is 4.99 Å². The molecule has 2 rings (SSSR count). The quantitative estimate of drug-likeness (QED) is 0.775. The third-order valence-electron chi connectivity index (χ3n) is 2.72. The smallest absolute Gasteiger partial charge is 0.342 e. The fourth-order valence-electron chi connectivity index (χ4n) is 1.82. The van der Waals surface area contributed by atoms with Gasteiger partial charge in [-0.05, 0) is 19.4 Å². The van der Waals surface area contributed by atoms with Gasteiger partial charge in [-0.3, -0.25) is 9.59 Å². The molecule has 2 aliphatic rings. The van der Waals surface area contributed by atoms with Crippen molar-refractivity contribution in [2.75, 3.05) is 12.4 Å². The number of carboxylic acids is 1. The van der Waals surface area contributed by atoms with Crippen LogP contribution in [0, 0.1) is 5.92 Å². The van der Waals surface area contributed by atoms with Crippen molar-refractivity contribution in [3.05, 3.63) is 10.5 Å². The number of aliphatic imine (C=N–C) groups is 2. The largest absolute Gasteiger partial charge is 0.477 e. The van der Waals surface area contributed by atoms with Crippen LogP contribution in [0.5, 0.6) is 0 Å². The number of carbonyl (C=O) groups excluding carboxylic acids is 2. The van der Waals surface area contributed by atoms with Gasteiger partial charge in [0.25, 0.3) is 5.91 Å². The zero-order valence-electron chi connectivity index (χ0n) is 11.3. The molecule has 0 aromatic carbocycles. The highest BCUT2D eigenvalue weighted by molar-refractivity contribution is 8.19. The molecule has 0 aromatic rings. The molecule has 21 heavy (non-hydrogen) atoms. The Morgan fingerprint density at radius 2 is 2.14 bits per heavy atom. The number of amidine groups is 1. The van der Waals surface area contributed by atoms with E-state index in [2.05, 4.69) is 9.98 Å². The Morgan fingerprint density at radius 3 is 2.76 bits per heavy atom. The van der Waals surface area contributed by atoms with E-state index in [4.69, 9.17) is 9.84 Å². The van der Waals surface area contributed by atoms with Crippen LogP contribution in [0.15, 0.2) is 20.5 Å². The molecule has 1 atom stereocenters. The van der Waals surface area contributed by atoms with Crippen molar-refractivity contribution in [1.29, 1.82) is 0 Å². The van der Waals surface area contributed by atoms with E-state index in [1.165, 1.54) is 0 Å². The number of aliphatic carboxylic acids is 1. The maximum absolute atomic E-state index is 12.0. The van der Waals surface area contributed by atoms with Crippen LogP contribution in [0.3, 0.4) is 0 Å². The van der Waals surface area contributed by atoms with Gasteiger partial charge in [-0.1, -0.05) is 23.5 Å². The lowest BCUT2D eigenvalue weighted by Gasteiger charge is -2.13. The van der Waals surface area contributed by atoms with Crippen molar-refractivity contribution in [3.8, 4) is 0 Å². The summed E-state index contributed by atoms with van der Waals surface area (Å²) in [7, 11) is 0. The van der Waals surface area contributed by atoms with Crippen molar-refractivity contribution in [2.45, 2.75) is 13.8 Å². The second kappa shape index (κ2) is 6.44. The second-order valence-electron chi connectivity index (χ2n) is 4.13. The molecule has 1 amide bonds. The number of amides is 1. The molecular formula is C12H12N2O5S2. The van der Waals surface area contributed by atoms with Gasteiger partial charge in [-0.25, -0.2) is 9.79 Å². The molecule has 0 spiro atoms. The second-order valence-corrected chi connectivity index (χ2v) is 6.10. The molecule has 0 fully saturated rings.